The molecule has 2 aromatic heterocycles. The molecule has 31 heavy (non-hydrogen) atoms. The Bertz CT molecular complexity index is 1170. The second-order valence-electron chi connectivity index (χ2n) is 7.58. The first-order chi connectivity index (χ1) is 14.8. The number of nitrogens with one attached hydrogen (secondary N) is 1. The standard InChI is InChI=1S/C24H22F3N3S/c1-30(2)21-8-5-17-11-19(23(29-22(17)12-21)18-9-10-31-15-18)14-28-13-16-3-6-20(7-4-16)24(25,26)27/h3-12,15,28H,13-14H2,1-2H3. The van der Waals surface area contributed by atoms with Gasteiger partial charge in [-0.15, -0.1) is 0 Å². The minimum Gasteiger partial charge on any atom is -0.378 e. The number of pyridine rings is 1. The molecule has 160 valence electrons. The van der Waals surface area contributed by atoms with Crippen LogP contribution in [0.2, 0.25) is 0 Å². The molecule has 2 heterocycles. The Labute approximate surface area is 183 Å². The first-order valence-corrected chi connectivity index (χ1v) is 10.8. The van der Waals surface area contributed by atoms with Gasteiger partial charge in [-0.25, -0.2) is 4.98 Å². The monoisotopic (exact) mass is 441 g/mol. The number of hydrogen-bond donors (Lipinski definition) is 1. The molecule has 1 N–H and O–H groups in total. The summed E-state index contributed by atoms with van der Waals surface area (Å²) in [5.74, 6) is 0. The molecular weight excluding hydrogens is 419 g/mol. The summed E-state index contributed by atoms with van der Waals surface area (Å²) < 4.78 is 38.2. The first-order valence-electron chi connectivity index (χ1n) is 9.82. The fourth-order valence-electron chi connectivity index (χ4n) is 3.41. The van der Waals surface area contributed by atoms with Crippen molar-refractivity contribution in [2.24, 2.45) is 0 Å². The largest absolute Gasteiger partial charge is 0.416 e. The molecule has 0 aliphatic heterocycles. The Balaban J connectivity index is 1.57. The quantitative estimate of drug-likeness (QED) is 0.379. The van der Waals surface area contributed by atoms with E-state index >= 15 is 0 Å². The van der Waals surface area contributed by atoms with Crippen molar-refractivity contribution in [3.05, 3.63) is 82.0 Å². The average Bonchev–Trinajstić information content (AvgIpc) is 3.27. The van der Waals surface area contributed by atoms with Crippen molar-refractivity contribution in [3.63, 3.8) is 0 Å². The van der Waals surface area contributed by atoms with Crippen LogP contribution in [0, 0.1) is 0 Å². The van der Waals surface area contributed by atoms with E-state index in [4.69, 9.17) is 4.98 Å². The predicted molar refractivity (Wildman–Crippen MR) is 121 cm³/mol. The average molecular weight is 442 g/mol. The highest BCUT2D eigenvalue weighted by Crippen LogP contribution is 2.30. The number of hydrogen-bond acceptors (Lipinski definition) is 4. The van der Waals surface area contributed by atoms with Gasteiger partial charge in [0.05, 0.1) is 16.8 Å². The van der Waals surface area contributed by atoms with Crippen molar-refractivity contribution in [1.29, 1.82) is 0 Å². The van der Waals surface area contributed by atoms with Crippen molar-refractivity contribution in [1.82, 2.24) is 10.3 Å². The predicted octanol–water partition coefficient (Wildman–Crippen LogP) is 6.34. The first kappa shape index (κ1) is 21.3. The fourth-order valence-corrected chi connectivity index (χ4v) is 4.05. The van der Waals surface area contributed by atoms with Gasteiger partial charge in [-0.05, 0) is 52.9 Å². The summed E-state index contributed by atoms with van der Waals surface area (Å²) in [5.41, 5.74) is 5.22. The van der Waals surface area contributed by atoms with E-state index in [1.807, 2.05) is 30.4 Å². The smallest absolute Gasteiger partial charge is 0.378 e. The second kappa shape index (κ2) is 8.69. The highest BCUT2D eigenvalue weighted by atomic mass is 32.1. The molecule has 0 aliphatic carbocycles. The van der Waals surface area contributed by atoms with Gasteiger partial charge in [0, 0.05) is 49.2 Å². The zero-order chi connectivity index (χ0) is 22.0. The Morgan fingerprint density at radius 3 is 2.39 bits per heavy atom. The summed E-state index contributed by atoms with van der Waals surface area (Å²) in [4.78, 5) is 6.99. The molecule has 3 nitrogen and oxygen atoms in total. The van der Waals surface area contributed by atoms with Gasteiger partial charge in [-0.1, -0.05) is 18.2 Å². The summed E-state index contributed by atoms with van der Waals surface area (Å²) in [6, 6.07) is 15.6. The molecule has 0 unspecified atom stereocenters. The third kappa shape index (κ3) is 4.89. The zero-order valence-electron chi connectivity index (χ0n) is 17.2. The van der Waals surface area contributed by atoms with E-state index in [9.17, 15) is 13.2 Å². The molecule has 2 aromatic carbocycles. The molecule has 0 bridgehead atoms. The maximum Gasteiger partial charge on any atom is 0.416 e. The summed E-state index contributed by atoms with van der Waals surface area (Å²) >= 11 is 1.62. The van der Waals surface area contributed by atoms with Gasteiger partial charge >= 0.3 is 6.18 Å². The molecule has 0 spiro atoms. The van der Waals surface area contributed by atoms with E-state index in [-0.39, 0.29) is 0 Å². The Morgan fingerprint density at radius 1 is 0.968 bits per heavy atom. The van der Waals surface area contributed by atoms with Crippen molar-refractivity contribution >= 4 is 27.9 Å². The molecule has 4 rings (SSSR count). The van der Waals surface area contributed by atoms with E-state index in [1.165, 1.54) is 12.1 Å². The fraction of sp³-hybridized carbons (Fsp3) is 0.208. The Morgan fingerprint density at radius 2 is 1.74 bits per heavy atom. The summed E-state index contributed by atoms with van der Waals surface area (Å²) in [6.07, 6.45) is -4.31. The van der Waals surface area contributed by atoms with Crippen LogP contribution in [0.3, 0.4) is 0 Å². The summed E-state index contributed by atoms with van der Waals surface area (Å²) in [5, 5.41) is 8.50. The van der Waals surface area contributed by atoms with Crippen LogP contribution in [-0.4, -0.2) is 19.1 Å². The number of rotatable bonds is 6. The summed E-state index contributed by atoms with van der Waals surface area (Å²) in [6.45, 7) is 1.03. The van der Waals surface area contributed by atoms with Gasteiger partial charge in [0.15, 0.2) is 0 Å². The number of fused-ring (bicyclic) bond motifs is 1. The zero-order valence-corrected chi connectivity index (χ0v) is 18.0. The maximum absolute atomic E-state index is 12.7. The minimum absolute atomic E-state index is 0.471. The van der Waals surface area contributed by atoms with Gasteiger partial charge in [0.25, 0.3) is 0 Å². The van der Waals surface area contributed by atoms with Crippen molar-refractivity contribution in [2.45, 2.75) is 19.3 Å². The Hall–Kier alpha value is -2.90. The number of alkyl halides is 3. The molecule has 0 amide bonds. The Kier molecular flexibility index (Phi) is 5.98. The molecule has 0 atom stereocenters. The molecule has 0 aliphatic rings. The van der Waals surface area contributed by atoms with Crippen LogP contribution < -0.4 is 10.2 Å². The van der Waals surface area contributed by atoms with Gasteiger partial charge in [0.1, 0.15) is 0 Å². The SMILES string of the molecule is CN(C)c1ccc2cc(CNCc3ccc(C(F)(F)F)cc3)c(-c3ccsc3)nc2c1. The number of anilines is 1. The van der Waals surface area contributed by atoms with Crippen LogP contribution in [-0.2, 0) is 19.3 Å². The van der Waals surface area contributed by atoms with Crippen LogP contribution in [0.4, 0.5) is 18.9 Å². The van der Waals surface area contributed by atoms with Crippen molar-refractivity contribution in [2.75, 3.05) is 19.0 Å². The second-order valence-corrected chi connectivity index (χ2v) is 8.36. The molecule has 0 saturated heterocycles. The van der Waals surface area contributed by atoms with Crippen LogP contribution in [0.1, 0.15) is 16.7 Å². The lowest BCUT2D eigenvalue weighted by Crippen LogP contribution is -2.14. The number of nitrogens with zero attached hydrogens (tertiary/aromatic N) is 2. The summed E-state index contributed by atoms with van der Waals surface area (Å²) in [7, 11) is 4.00. The van der Waals surface area contributed by atoms with E-state index in [1.54, 1.807) is 11.3 Å². The lowest BCUT2D eigenvalue weighted by atomic mass is 10.0. The highest BCUT2D eigenvalue weighted by Gasteiger charge is 2.29. The molecule has 7 heteroatoms. The van der Waals surface area contributed by atoms with Gasteiger partial charge in [0.2, 0.25) is 0 Å². The molecule has 0 radical (unpaired) electrons. The highest BCUT2D eigenvalue weighted by molar-refractivity contribution is 7.08. The van der Waals surface area contributed by atoms with E-state index in [0.717, 1.165) is 51.1 Å². The lowest BCUT2D eigenvalue weighted by Gasteiger charge is -2.15. The van der Waals surface area contributed by atoms with Crippen molar-refractivity contribution in [3.8, 4) is 11.3 Å². The van der Waals surface area contributed by atoms with Crippen LogP contribution in [0.15, 0.2) is 65.4 Å². The third-order valence-corrected chi connectivity index (χ3v) is 5.80. The van der Waals surface area contributed by atoms with E-state index in [2.05, 4.69) is 35.0 Å². The normalized spacial score (nSPS) is 11.8. The number of halogens is 3. The van der Waals surface area contributed by atoms with Crippen LogP contribution in [0.25, 0.3) is 22.2 Å². The van der Waals surface area contributed by atoms with Crippen LogP contribution >= 0.6 is 11.3 Å². The number of benzene rings is 2. The number of thiophene rings is 1. The van der Waals surface area contributed by atoms with Gasteiger partial charge < -0.3 is 10.2 Å². The van der Waals surface area contributed by atoms with Gasteiger partial charge in [-0.2, -0.15) is 24.5 Å². The molecule has 0 fully saturated rings. The van der Waals surface area contributed by atoms with Crippen LogP contribution in [0.5, 0.6) is 0 Å². The van der Waals surface area contributed by atoms with E-state index < -0.39 is 11.7 Å². The third-order valence-electron chi connectivity index (χ3n) is 5.12. The molecule has 4 aromatic rings. The van der Waals surface area contributed by atoms with Gasteiger partial charge in [-0.3, -0.25) is 0 Å². The topological polar surface area (TPSA) is 28.2 Å². The maximum atomic E-state index is 12.7. The van der Waals surface area contributed by atoms with Crippen molar-refractivity contribution < 1.29 is 13.2 Å². The van der Waals surface area contributed by atoms with E-state index in [0.29, 0.717) is 13.1 Å². The minimum atomic E-state index is -4.31. The molecule has 0 saturated carbocycles. The molecular formula is C24H22F3N3S. The number of aromatic nitrogens is 1. The lowest BCUT2D eigenvalue weighted by molar-refractivity contribution is -0.137.